The molecule has 1 aromatic carbocycles. The summed E-state index contributed by atoms with van der Waals surface area (Å²) >= 11 is 1.71. The van der Waals surface area contributed by atoms with Crippen LogP contribution in [0.3, 0.4) is 0 Å². The molecule has 5 heteroatoms. The average Bonchev–Trinajstić information content (AvgIpc) is 3.05. The van der Waals surface area contributed by atoms with Gasteiger partial charge in [-0.1, -0.05) is 19.1 Å². The highest BCUT2D eigenvalue weighted by Crippen LogP contribution is 2.15. The Hall–Kier alpha value is -1.72. The van der Waals surface area contributed by atoms with Crippen LogP contribution in [0.4, 0.5) is 0 Å². The van der Waals surface area contributed by atoms with Gasteiger partial charge in [0.2, 0.25) is 0 Å². The molecule has 98 valence electrons. The Morgan fingerprint density at radius 2 is 2.21 bits per heavy atom. The number of hydrogen-bond donors (Lipinski definition) is 1. The highest BCUT2D eigenvalue weighted by molar-refractivity contribution is 7.09. The summed E-state index contributed by atoms with van der Waals surface area (Å²) in [5.41, 5.74) is 3.29. The summed E-state index contributed by atoms with van der Waals surface area (Å²) in [6, 6.07) is 8.17. The van der Waals surface area contributed by atoms with Crippen molar-refractivity contribution < 1.29 is 0 Å². The van der Waals surface area contributed by atoms with E-state index in [0.29, 0.717) is 0 Å². The summed E-state index contributed by atoms with van der Waals surface area (Å²) < 4.78 is 2.14. The van der Waals surface area contributed by atoms with Crippen LogP contribution in [0.5, 0.6) is 0 Å². The number of nitrogens with one attached hydrogen (secondary N) is 1. The van der Waals surface area contributed by atoms with Crippen molar-refractivity contribution >= 4 is 22.4 Å². The summed E-state index contributed by atoms with van der Waals surface area (Å²) in [6.45, 7) is 4.71. The van der Waals surface area contributed by atoms with Gasteiger partial charge in [-0.3, -0.25) is 0 Å². The Kier molecular flexibility index (Phi) is 3.57. The first kappa shape index (κ1) is 12.3. The average molecular weight is 272 g/mol. The van der Waals surface area contributed by atoms with Crippen molar-refractivity contribution in [2.45, 2.75) is 20.0 Å². The predicted octanol–water partition coefficient (Wildman–Crippen LogP) is 2.65. The lowest BCUT2D eigenvalue weighted by molar-refractivity contribution is 0.715. The van der Waals surface area contributed by atoms with Gasteiger partial charge in [0, 0.05) is 11.9 Å². The fourth-order valence-corrected chi connectivity index (χ4v) is 2.80. The van der Waals surface area contributed by atoms with Crippen LogP contribution in [0.25, 0.3) is 11.0 Å². The summed E-state index contributed by atoms with van der Waals surface area (Å²) in [5.74, 6) is 0. The van der Waals surface area contributed by atoms with E-state index < -0.39 is 0 Å². The van der Waals surface area contributed by atoms with Crippen molar-refractivity contribution in [1.29, 1.82) is 0 Å². The maximum atomic E-state index is 4.64. The Morgan fingerprint density at radius 3 is 3.11 bits per heavy atom. The van der Waals surface area contributed by atoms with Crippen molar-refractivity contribution in [3.05, 3.63) is 46.7 Å². The van der Waals surface area contributed by atoms with E-state index in [0.717, 1.165) is 41.4 Å². The quantitative estimate of drug-likeness (QED) is 0.776. The van der Waals surface area contributed by atoms with Gasteiger partial charge in [0.1, 0.15) is 5.01 Å². The molecule has 0 aliphatic carbocycles. The number of rotatable bonds is 5. The number of aromatic nitrogens is 3. The Bertz CT molecular complexity index is 671. The maximum absolute atomic E-state index is 4.64. The van der Waals surface area contributed by atoms with Crippen LogP contribution >= 0.6 is 11.3 Å². The summed E-state index contributed by atoms with van der Waals surface area (Å²) in [5, 5.41) is 6.56. The maximum Gasteiger partial charge on any atom is 0.107 e. The third-order valence-corrected chi connectivity index (χ3v) is 3.88. The van der Waals surface area contributed by atoms with Crippen LogP contribution < -0.4 is 5.32 Å². The zero-order valence-electron chi connectivity index (χ0n) is 10.8. The molecule has 0 saturated heterocycles. The molecular weight excluding hydrogens is 256 g/mol. The third-order valence-electron chi connectivity index (χ3n) is 2.99. The summed E-state index contributed by atoms with van der Waals surface area (Å²) in [6.07, 6.45) is 1.88. The highest BCUT2D eigenvalue weighted by atomic mass is 32.1. The number of nitrogens with zero attached hydrogens (tertiary/aromatic N) is 3. The second-order valence-electron chi connectivity index (χ2n) is 4.37. The van der Waals surface area contributed by atoms with Crippen molar-refractivity contribution in [2.75, 3.05) is 6.54 Å². The van der Waals surface area contributed by atoms with E-state index in [1.54, 1.807) is 11.3 Å². The molecule has 0 radical (unpaired) electrons. The van der Waals surface area contributed by atoms with Gasteiger partial charge in [-0.15, -0.1) is 11.3 Å². The van der Waals surface area contributed by atoms with Crippen LogP contribution in [0.1, 0.15) is 17.6 Å². The lowest BCUT2D eigenvalue weighted by Crippen LogP contribution is -2.11. The molecule has 0 bridgehead atoms. The van der Waals surface area contributed by atoms with Gasteiger partial charge >= 0.3 is 0 Å². The van der Waals surface area contributed by atoms with E-state index in [-0.39, 0.29) is 0 Å². The van der Waals surface area contributed by atoms with Gasteiger partial charge in [-0.25, -0.2) is 9.97 Å². The number of imidazole rings is 1. The van der Waals surface area contributed by atoms with Crippen LogP contribution in [0, 0.1) is 0 Å². The van der Waals surface area contributed by atoms with Gasteiger partial charge in [0.15, 0.2) is 0 Å². The molecule has 0 unspecified atom stereocenters. The monoisotopic (exact) mass is 272 g/mol. The van der Waals surface area contributed by atoms with Crippen molar-refractivity contribution in [2.24, 2.45) is 0 Å². The molecule has 0 saturated carbocycles. The topological polar surface area (TPSA) is 42.7 Å². The van der Waals surface area contributed by atoms with Gasteiger partial charge in [-0.05, 0) is 18.7 Å². The molecule has 2 aromatic heterocycles. The number of hydrogen-bond acceptors (Lipinski definition) is 4. The molecule has 4 nitrogen and oxygen atoms in total. The molecule has 3 aromatic rings. The van der Waals surface area contributed by atoms with E-state index in [4.69, 9.17) is 0 Å². The van der Waals surface area contributed by atoms with Crippen LogP contribution in [0.2, 0.25) is 0 Å². The zero-order chi connectivity index (χ0) is 13.1. The minimum absolute atomic E-state index is 0.781. The first-order valence-corrected chi connectivity index (χ1v) is 7.28. The largest absolute Gasteiger partial charge is 0.324 e. The zero-order valence-corrected chi connectivity index (χ0v) is 11.7. The normalized spacial score (nSPS) is 11.2. The molecule has 2 heterocycles. The molecule has 3 rings (SSSR count). The number of benzene rings is 1. The Balaban J connectivity index is 1.79. The number of fused-ring (bicyclic) bond motifs is 1. The molecule has 0 fully saturated rings. The minimum atomic E-state index is 0.781. The highest BCUT2D eigenvalue weighted by Gasteiger charge is 2.05. The van der Waals surface area contributed by atoms with E-state index in [1.807, 2.05) is 24.5 Å². The summed E-state index contributed by atoms with van der Waals surface area (Å²) in [7, 11) is 0. The fourth-order valence-electron chi connectivity index (χ4n) is 2.05. The molecule has 0 amide bonds. The lowest BCUT2D eigenvalue weighted by atomic mass is 10.3. The molecule has 0 atom stereocenters. The second kappa shape index (κ2) is 5.50. The van der Waals surface area contributed by atoms with Crippen molar-refractivity contribution in [1.82, 2.24) is 19.9 Å². The van der Waals surface area contributed by atoms with E-state index in [9.17, 15) is 0 Å². The summed E-state index contributed by atoms with van der Waals surface area (Å²) in [4.78, 5) is 9.03. The van der Waals surface area contributed by atoms with Crippen LogP contribution in [0.15, 0.2) is 36.0 Å². The SMILES string of the molecule is CCNCc1nc(Cn2cnc3ccccc32)cs1. The van der Waals surface area contributed by atoms with Crippen molar-refractivity contribution in [3.63, 3.8) is 0 Å². The van der Waals surface area contributed by atoms with E-state index in [2.05, 4.69) is 38.2 Å². The van der Waals surface area contributed by atoms with Crippen molar-refractivity contribution in [3.8, 4) is 0 Å². The minimum Gasteiger partial charge on any atom is -0.324 e. The molecule has 19 heavy (non-hydrogen) atoms. The third kappa shape index (κ3) is 2.67. The number of thiazole rings is 1. The Labute approximate surface area is 116 Å². The number of para-hydroxylation sites is 2. The molecule has 0 aliphatic heterocycles. The smallest absolute Gasteiger partial charge is 0.107 e. The fraction of sp³-hybridized carbons (Fsp3) is 0.286. The van der Waals surface area contributed by atoms with Gasteiger partial charge < -0.3 is 9.88 Å². The predicted molar refractivity (Wildman–Crippen MR) is 78.3 cm³/mol. The second-order valence-corrected chi connectivity index (χ2v) is 5.32. The van der Waals surface area contributed by atoms with Crippen LogP contribution in [-0.2, 0) is 13.1 Å². The Morgan fingerprint density at radius 1 is 1.32 bits per heavy atom. The molecule has 0 aliphatic rings. The first-order chi connectivity index (χ1) is 9.36. The van der Waals surface area contributed by atoms with E-state index >= 15 is 0 Å². The molecular formula is C14H16N4S. The van der Waals surface area contributed by atoms with Crippen LogP contribution in [-0.4, -0.2) is 21.1 Å². The molecule has 0 spiro atoms. The van der Waals surface area contributed by atoms with Gasteiger partial charge in [0.25, 0.3) is 0 Å². The van der Waals surface area contributed by atoms with E-state index in [1.165, 1.54) is 0 Å². The van der Waals surface area contributed by atoms with Gasteiger partial charge in [-0.2, -0.15) is 0 Å². The van der Waals surface area contributed by atoms with Gasteiger partial charge in [0.05, 0.1) is 29.6 Å². The standard InChI is InChI=1S/C14H16N4S/c1-2-15-7-14-17-11(9-19-14)8-18-10-16-12-5-3-4-6-13(12)18/h3-6,9-10,15H,2,7-8H2,1H3. The molecule has 1 N–H and O–H groups in total. The first-order valence-electron chi connectivity index (χ1n) is 6.40. The lowest BCUT2D eigenvalue weighted by Gasteiger charge is -2.01.